The molecule has 0 radical (unpaired) electrons. The molecule has 0 aliphatic rings. The number of halogens is 3. The fourth-order valence-electron chi connectivity index (χ4n) is 1.20. The fraction of sp³-hybridized carbons (Fsp3) is 0.545. The second-order valence-corrected chi connectivity index (χ2v) is 3.62. The smallest absolute Gasteiger partial charge is 0.425 e. The largest absolute Gasteiger partial charge is 0.465 e. The lowest BCUT2D eigenvalue weighted by molar-refractivity contribution is -0.190. The number of nitrogens with zero attached hydrogens (tertiary/aromatic N) is 1. The minimum Gasteiger partial charge on any atom is -0.465 e. The van der Waals surface area contributed by atoms with E-state index in [-0.39, 0.29) is 12.5 Å². The Hall–Kier alpha value is -1.30. The third-order valence-corrected chi connectivity index (χ3v) is 2.22. The van der Waals surface area contributed by atoms with Crippen LogP contribution in [-0.2, 0) is 13.0 Å². The summed E-state index contributed by atoms with van der Waals surface area (Å²) in [7, 11) is 0. The van der Waals surface area contributed by atoms with Gasteiger partial charge >= 0.3 is 6.18 Å². The monoisotopic (exact) mass is 249 g/mol. The number of ether oxygens (including phenoxy) is 1. The maximum absolute atomic E-state index is 12.3. The molecule has 1 rings (SSSR count). The predicted molar refractivity (Wildman–Crippen MR) is 55.7 cm³/mol. The van der Waals surface area contributed by atoms with Crippen LogP contribution in [0.25, 0.3) is 0 Å². The van der Waals surface area contributed by atoms with Crippen molar-refractivity contribution in [3.63, 3.8) is 0 Å². The van der Waals surface area contributed by atoms with E-state index in [0.717, 1.165) is 6.92 Å². The van der Waals surface area contributed by atoms with Gasteiger partial charge in [-0.1, -0.05) is 6.92 Å². The summed E-state index contributed by atoms with van der Waals surface area (Å²) in [5, 5.41) is 8.97. The van der Waals surface area contributed by atoms with Crippen LogP contribution in [0.3, 0.4) is 0 Å². The van der Waals surface area contributed by atoms with Gasteiger partial charge in [0.2, 0.25) is 5.88 Å². The molecule has 0 saturated carbocycles. The Bertz CT molecular complexity index is 357. The van der Waals surface area contributed by atoms with E-state index in [1.807, 2.05) is 6.92 Å². The summed E-state index contributed by atoms with van der Waals surface area (Å²) in [6.07, 6.45) is -5.79. The molecule has 17 heavy (non-hydrogen) atoms. The van der Waals surface area contributed by atoms with Gasteiger partial charge in [-0.2, -0.15) is 13.2 Å². The van der Waals surface area contributed by atoms with E-state index >= 15 is 0 Å². The van der Waals surface area contributed by atoms with Crippen molar-refractivity contribution in [2.75, 3.05) is 0 Å². The molecule has 0 aliphatic heterocycles. The van der Waals surface area contributed by atoms with Crippen LogP contribution < -0.4 is 4.74 Å². The van der Waals surface area contributed by atoms with Crippen LogP contribution in [0.1, 0.15) is 25.1 Å². The molecule has 6 heteroatoms. The minimum absolute atomic E-state index is 0.113. The van der Waals surface area contributed by atoms with E-state index in [0.29, 0.717) is 17.7 Å². The number of aryl methyl sites for hydroxylation is 1. The molecular formula is C11H14F3NO2. The van der Waals surface area contributed by atoms with Crippen LogP contribution in [0, 0.1) is 0 Å². The molecule has 3 nitrogen and oxygen atoms in total. The summed E-state index contributed by atoms with van der Waals surface area (Å²) in [6, 6.07) is 2.94. The van der Waals surface area contributed by atoms with Crippen molar-refractivity contribution in [3.05, 3.63) is 23.4 Å². The first kappa shape index (κ1) is 13.8. The van der Waals surface area contributed by atoms with Crippen LogP contribution in [0.15, 0.2) is 12.1 Å². The number of aliphatic hydroxyl groups is 1. The van der Waals surface area contributed by atoms with Gasteiger partial charge in [-0.25, -0.2) is 4.98 Å². The molecule has 0 amide bonds. The van der Waals surface area contributed by atoms with Crippen LogP contribution in [0.5, 0.6) is 5.88 Å². The number of pyridine rings is 1. The summed E-state index contributed by atoms with van der Waals surface area (Å²) in [4.78, 5) is 3.92. The molecule has 96 valence electrons. The van der Waals surface area contributed by atoms with Crippen LogP contribution in [0.2, 0.25) is 0 Å². The Morgan fingerprint density at radius 1 is 1.41 bits per heavy atom. The van der Waals surface area contributed by atoms with Gasteiger partial charge in [0.05, 0.1) is 6.61 Å². The van der Waals surface area contributed by atoms with Gasteiger partial charge < -0.3 is 9.84 Å². The van der Waals surface area contributed by atoms with Crippen molar-refractivity contribution >= 4 is 0 Å². The zero-order chi connectivity index (χ0) is 13.1. The van der Waals surface area contributed by atoms with E-state index in [9.17, 15) is 13.2 Å². The maximum Gasteiger partial charge on any atom is 0.425 e. The first-order valence-electron chi connectivity index (χ1n) is 5.21. The number of rotatable bonds is 4. The molecule has 0 bridgehead atoms. The Balaban J connectivity index is 2.90. The average molecular weight is 249 g/mol. The van der Waals surface area contributed by atoms with E-state index in [2.05, 4.69) is 4.98 Å². The normalized spacial score (nSPS) is 13.5. The second-order valence-electron chi connectivity index (χ2n) is 3.62. The van der Waals surface area contributed by atoms with Crippen LogP contribution in [-0.4, -0.2) is 22.4 Å². The second kappa shape index (κ2) is 5.35. The van der Waals surface area contributed by atoms with Gasteiger partial charge in [0.15, 0.2) is 6.10 Å². The van der Waals surface area contributed by atoms with Gasteiger partial charge in [-0.05, 0) is 25.0 Å². The average Bonchev–Trinajstić information content (AvgIpc) is 2.27. The highest BCUT2D eigenvalue weighted by atomic mass is 19.4. The highest BCUT2D eigenvalue weighted by molar-refractivity contribution is 5.25. The molecule has 1 atom stereocenters. The summed E-state index contributed by atoms with van der Waals surface area (Å²) >= 11 is 0. The van der Waals surface area contributed by atoms with E-state index in [4.69, 9.17) is 9.84 Å². The van der Waals surface area contributed by atoms with Gasteiger partial charge in [0, 0.05) is 11.8 Å². The van der Waals surface area contributed by atoms with Crippen LogP contribution >= 0.6 is 0 Å². The molecule has 0 saturated heterocycles. The zero-order valence-corrected chi connectivity index (χ0v) is 9.58. The first-order chi connectivity index (χ1) is 7.86. The Morgan fingerprint density at radius 3 is 2.53 bits per heavy atom. The molecule has 1 aromatic heterocycles. The van der Waals surface area contributed by atoms with E-state index in [1.54, 1.807) is 6.07 Å². The summed E-state index contributed by atoms with van der Waals surface area (Å²) in [5.74, 6) is -0.113. The lowest BCUT2D eigenvalue weighted by atomic mass is 10.2. The maximum atomic E-state index is 12.3. The topological polar surface area (TPSA) is 42.4 Å². The fourth-order valence-corrected chi connectivity index (χ4v) is 1.20. The Labute approximate surface area is 97.2 Å². The van der Waals surface area contributed by atoms with Crippen molar-refractivity contribution in [2.45, 2.75) is 39.2 Å². The van der Waals surface area contributed by atoms with Gasteiger partial charge in [0.25, 0.3) is 0 Å². The van der Waals surface area contributed by atoms with Crippen molar-refractivity contribution in [3.8, 4) is 5.88 Å². The predicted octanol–water partition coefficient (Wildman–Crippen LogP) is 2.47. The summed E-state index contributed by atoms with van der Waals surface area (Å²) in [5.41, 5.74) is 1.07. The highest BCUT2D eigenvalue weighted by Gasteiger charge is 2.38. The lowest BCUT2D eigenvalue weighted by Gasteiger charge is -2.17. The summed E-state index contributed by atoms with van der Waals surface area (Å²) < 4.78 is 41.6. The van der Waals surface area contributed by atoms with Gasteiger partial charge in [0.1, 0.15) is 0 Å². The molecule has 0 fully saturated rings. The SMILES string of the molecule is CCc1cc(CO)cc(OC(C)C(F)(F)F)n1. The van der Waals surface area contributed by atoms with Crippen molar-refractivity contribution in [1.29, 1.82) is 0 Å². The van der Waals surface area contributed by atoms with Crippen LogP contribution in [0.4, 0.5) is 13.2 Å². The van der Waals surface area contributed by atoms with Crippen molar-refractivity contribution in [1.82, 2.24) is 4.98 Å². The molecule has 1 heterocycles. The molecular weight excluding hydrogens is 235 g/mol. The number of alkyl halides is 3. The third kappa shape index (κ3) is 3.89. The summed E-state index contributed by atoms with van der Waals surface area (Å²) in [6.45, 7) is 2.48. The standard InChI is InChI=1S/C11H14F3NO2/c1-3-9-4-8(6-16)5-10(15-9)17-7(2)11(12,13)14/h4-5,7,16H,3,6H2,1-2H3. The molecule has 1 aromatic rings. The third-order valence-electron chi connectivity index (χ3n) is 2.22. The number of aromatic nitrogens is 1. The molecule has 0 aliphatic carbocycles. The number of hydrogen-bond donors (Lipinski definition) is 1. The van der Waals surface area contributed by atoms with Gasteiger partial charge in [-0.3, -0.25) is 0 Å². The Morgan fingerprint density at radius 2 is 2.06 bits per heavy atom. The molecule has 0 aromatic carbocycles. The van der Waals surface area contributed by atoms with Crippen molar-refractivity contribution in [2.24, 2.45) is 0 Å². The van der Waals surface area contributed by atoms with Crippen molar-refractivity contribution < 1.29 is 23.0 Å². The lowest BCUT2D eigenvalue weighted by Crippen LogP contribution is -2.31. The number of hydrogen-bond acceptors (Lipinski definition) is 3. The molecule has 1 N–H and O–H groups in total. The molecule has 1 unspecified atom stereocenters. The van der Waals surface area contributed by atoms with E-state index in [1.165, 1.54) is 6.07 Å². The number of aliphatic hydroxyl groups excluding tert-OH is 1. The Kier molecular flexibility index (Phi) is 4.34. The quantitative estimate of drug-likeness (QED) is 0.891. The van der Waals surface area contributed by atoms with E-state index < -0.39 is 12.3 Å². The molecule has 0 spiro atoms. The van der Waals surface area contributed by atoms with Gasteiger partial charge in [-0.15, -0.1) is 0 Å². The first-order valence-corrected chi connectivity index (χ1v) is 5.21. The minimum atomic E-state index is -4.43. The zero-order valence-electron chi connectivity index (χ0n) is 9.58. The highest BCUT2D eigenvalue weighted by Crippen LogP contribution is 2.24.